The number of carbonyl (C=O) groups excluding carboxylic acids is 1. The van der Waals surface area contributed by atoms with Crippen molar-refractivity contribution in [2.45, 2.75) is 0 Å². The Morgan fingerprint density at radius 2 is 2.06 bits per heavy atom. The van der Waals surface area contributed by atoms with Gasteiger partial charge in [0.25, 0.3) is 0 Å². The Kier molecular flexibility index (Phi) is 1.69. The first-order valence-electron chi connectivity index (χ1n) is 4.99. The second kappa shape index (κ2) is 3.04. The molecule has 3 rings (SSSR count). The van der Waals surface area contributed by atoms with E-state index in [9.17, 15) is 4.79 Å². The van der Waals surface area contributed by atoms with Gasteiger partial charge >= 0.3 is 0 Å². The minimum atomic E-state index is 0.0345. The lowest BCUT2D eigenvalue weighted by molar-refractivity contribution is -0.110. The van der Waals surface area contributed by atoms with Crippen molar-refractivity contribution in [1.29, 1.82) is 5.26 Å². The average Bonchev–Trinajstić information content (AvgIpc) is 2.68. The molecule has 0 heterocycles. The maximum absolute atomic E-state index is 11.6. The Morgan fingerprint density at radius 3 is 2.88 bits per heavy atom. The summed E-state index contributed by atoms with van der Waals surface area (Å²) >= 11 is 0. The van der Waals surface area contributed by atoms with Crippen LogP contribution in [0.2, 0.25) is 0 Å². The van der Waals surface area contributed by atoms with E-state index in [4.69, 9.17) is 5.26 Å². The molecule has 0 unspecified atom stereocenters. The smallest absolute Gasteiger partial charge is 0.186 e. The number of rotatable bonds is 0. The van der Waals surface area contributed by atoms with Gasteiger partial charge in [-0.05, 0) is 41.0 Å². The molecule has 2 nitrogen and oxygen atoms in total. The summed E-state index contributed by atoms with van der Waals surface area (Å²) in [7, 11) is 0. The van der Waals surface area contributed by atoms with Crippen molar-refractivity contribution in [2.24, 2.45) is 0 Å². The van der Waals surface area contributed by atoms with Crippen LogP contribution in [0.1, 0.15) is 16.7 Å². The lowest BCUT2D eigenvalue weighted by Gasteiger charge is -2.06. The highest BCUT2D eigenvalue weighted by atomic mass is 16.1. The van der Waals surface area contributed by atoms with Gasteiger partial charge in [-0.3, -0.25) is 4.79 Å². The van der Waals surface area contributed by atoms with Crippen molar-refractivity contribution in [3.05, 3.63) is 58.7 Å². The van der Waals surface area contributed by atoms with Crippen molar-refractivity contribution in [3.8, 4) is 6.07 Å². The molecule has 0 aliphatic heterocycles. The number of benzene rings is 1. The molecule has 0 N–H and O–H groups in total. The normalized spacial score (nSPS) is 16.1. The molecule has 2 heteroatoms. The van der Waals surface area contributed by atoms with Crippen LogP contribution in [0.15, 0.2) is 42.0 Å². The number of ketones is 1. The van der Waals surface area contributed by atoms with Gasteiger partial charge in [-0.1, -0.05) is 18.2 Å². The van der Waals surface area contributed by atoms with Gasteiger partial charge < -0.3 is 0 Å². The minimum Gasteiger partial charge on any atom is -0.289 e. The third-order valence-electron chi connectivity index (χ3n) is 2.84. The van der Waals surface area contributed by atoms with Gasteiger partial charge in [-0.25, -0.2) is 0 Å². The van der Waals surface area contributed by atoms with Gasteiger partial charge in [0.1, 0.15) is 0 Å². The Hall–Kier alpha value is -2.40. The second-order valence-electron chi connectivity index (χ2n) is 3.78. The fourth-order valence-corrected chi connectivity index (χ4v) is 2.08. The Balaban J connectivity index is 2.24. The Labute approximate surface area is 92.8 Å². The first-order valence-corrected chi connectivity index (χ1v) is 4.99. The van der Waals surface area contributed by atoms with Crippen molar-refractivity contribution in [1.82, 2.24) is 0 Å². The van der Waals surface area contributed by atoms with Crippen molar-refractivity contribution in [3.63, 3.8) is 0 Å². The molecule has 0 fully saturated rings. The molecule has 2 aliphatic carbocycles. The summed E-state index contributed by atoms with van der Waals surface area (Å²) in [6, 6.07) is 7.59. The van der Waals surface area contributed by atoms with Crippen LogP contribution in [-0.4, -0.2) is 5.78 Å². The summed E-state index contributed by atoms with van der Waals surface area (Å²) in [5.41, 5.74) is 4.30. The molecule has 0 amide bonds. The van der Waals surface area contributed by atoms with E-state index < -0.39 is 0 Å². The molecule has 0 saturated carbocycles. The third kappa shape index (κ3) is 1.09. The topological polar surface area (TPSA) is 40.9 Å². The summed E-state index contributed by atoms with van der Waals surface area (Å²) in [5.74, 6) is 0.0345. The zero-order valence-corrected chi connectivity index (χ0v) is 8.40. The molecule has 0 aromatic heterocycles. The standard InChI is InChI=1S/C14H7NO/c15-8-9-4-5-11-10(6-9)7-13-12(11)2-1-3-14(13)16/h1-7H. The van der Waals surface area contributed by atoms with Gasteiger partial charge in [-0.2, -0.15) is 5.26 Å². The molecule has 74 valence electrons. The van der Waals surface area contributed by atoms with Gasteiger partial charge in [-0.15, -0.1) is 0 Å². The molecular weight excluding hydrogens is 198 g/mol. The van der Waals surface area contributed by atoms with E-state index in [1.165, 1.54) is 0 Å². The molecule has 0 bridgehead atoms. The fourth-order valence-electron chi connectivity index (χ4n) is 2.08. The van der Waals surface area contributed by atoms with E-state index in [0.29, 0.717) is 5.56 Å². The predicted molar refractivity (Wildman–Crippen MR) is 61.3 cm³/mol. The second-order valence-corrected chi connectivity index (χ2v) is 3.78. The molecule has 0 spiro atoms. The van der Waals surface area contributed by atoms with Crippen LogP contribution in [0, 0.1) is 11.3 Å². The highest BCUT2D eigenvalue weighted by molar-refractivity contribution is 6.23. The maximum atomic E-state index is 11.6. The minimum absolute atomic E-state index is 0.0345. The Bertz CT molecular complexity index is 639. The first-order chi connectivity index (χ1) is 7.79. The summed E-state index contributed by atoms with van der Waals surface area (Å²) < 4.78 is 0. The van der Waals surface area contributed by atoms with E-state index in [2.05, 4.69) is 6.07 Å². The van der Waals surface area contributed by atoms with Gasteiger partial charge in [0.05, 0.1) is 11.6 Å². The lowest BCUT2D eigenvalue weighted by Crippen LogP contribution is -2.00. The third-order valence-corrected chi connectivity index (χ3v) is 2.84. The number of hydrogen-bond donors (Lipinski definition) is 0. The number of carbonyl (C=O) groups is 1. The van der Waals surface area contributed by atoms with Gasteiger partial charge in [0, 0.05) is 5.57 Å². The van der Waals surface area contributed by atoms with Crippen LogP contribution in [0.3, 0.4) is 0 Å². The zero-order chi connectivity index (χ0) is 11.1. The van der Waals surface area contributed by atoms with E-state index >= 15 is 0 Å². The molecule has 16 heavy (non-hydrogen) atoms. The molecule has 1 aromatic rings. The SMILES string of the molecule is N#Cc1ccc2c(c1)C=C1C(=O)C=CC=C12. The number of hydrogen-bond acceptors (Lipinski definition) is 2. The monoisotopic (exact) mass is 205 g/mol. The molecule has 0 radical (unpaired) electrons. The Morgan fingerprint density at radius 1 is 1.19 bits per heavy atom. The average molecular weight is 205 g/mol. The van der Waals surface area contributed by atoms with Crippen LogP contribution in [0.5, 0.6) is 0 Å². The van der Waals surface area contributed by atoms with Gasteiger partial charge in [0.15, 0.2) is 5.78 Å². The van der Waals surface area contributed by atoms with Crippen molar-refractivity contribution < 1.29 is 4.79 Å². The number of fused-ring (bicyclic) bond motifs is 3. The number of nitriles is 1. The molecule has 0 saturated heterocycles. The van der Waals surface area contributed by atoms with E-state index in [-0.39, 0.29) is 5.78 Å². The summed E-state index contributed by atoms with van der Waals surface area (Å²) in [6.45, 7) is 0. The first kappa shape index (κ1) is 8.87. The highest BCUT2D eigenvalue weighted by Gasteiger charge is 2.24. The van der Waals surface area contributed by atoms with Crippen LogP contribution in [-0.2, 0) is 4.79 Å². The number of nitrogens with zero attached hydrogens (tertiary/aromatic N) is 1. The van der Waals surface area contributed by atoms with Crippen LogP contribution in [0.25, 0.3) is 11.6 Å². The lowest BCUT2D eigenvalue weighted by atomic mass is 9.96. The van der Waals surface area contributed by atoms with Gasteiger partial charge in [0.2, 0.25) is 0 Å². The summed E-state index contributed by atoms with van der Waals surface area (Å²) in [6.07, 6.45) is 7.12. The van der Waals surface area contributed by atoms with Crippen LogP contribution < -0.4 is 0 Å². The van der Waals surface area contributed by atoms with E-state index in [0.717, 1.165) is 22.3 Å². The predicted octanol–water partition coefficient (Wildman–Crippen LogP) is 2.48. The summed E-state index contributed by atoms with van der Waals surface area (Å²) in [4.78, 5) is 11.6. The quantitative estimate of drug-likeness (QED) is 0.652. The molecule has 0 atom stereocenters. The number of allylic oxidation sites excluding steroid dienone is 5. The van der Waals surface area contributed by atoms with E-state index in [1.807, 2.05) is 24.3 Å². The van der Waals surface area contributed by atoms with Crippen molar-refractivity contribution >= 4 is 17.4 Å². The molecule has 1 aromatic carbocycles. The maximum Gasteiger partial charge on any atom is 0.186 e. The largest absolute Gasteiger partial charge is 0.289 e. The highest BCUT2D eigenvalue weighted by Crippen LogP contribution is 2.37. The zero-order valence-electron chi connectivity index (χ0n) is 8.40. The van der Waals surface area contributed by atoms with Crippen LogP contribution >= 0.6 is 0 Å². The van der Waals surface area contributed by atoms with Crippen LogP contribution in [0.4, 0.5) is 0 Å². The fraction of sp³-hybridized carbons (Fsp3) is 0. The van der Waals surface area contributed by atoms with E-state index in [1.54, 1.807) is 18.2 Å². The summed E-state index contributed by atoms with van der Waals surface area (Å²) in [5, 5.41) is 8.81. The molecular formula is C14H7NO. The van der Waals surface area contributed by atoms with Crippen molar-refractivity contribution in [2.75, 3.05) is 0 Å². The molecule has 2 aliphatic rings.